The van der Waals surface area contributed by atoms with Gasteiger partial charge in [-0.25, -0.2) is 0 Å². The fraction of sp³-hybridized carbons (Fsp3) is 0.700. The normalized spacial score (nSPS) is 19.0. The molecule has 0 bridgehead atoms. The van der Waals surface area contributed by atoms with Crippen LogP contribution in [0.25, 0.3) is 0 Å². The van der Waals surface area contributed by atoms with Crippen molar-refractivity contribution in [2.45, 2.75) is 46.0 Å². The molecule has 0 aliphatic carbocycles. The third-order valence-corrected chi connectivity index (χ3v) is 6.56. The topological polar surface area (TPSA) is 43.9 Å². The summed E-state index contributed by atoms with van der Waals surface area (Å²) in [4.78, 5) is 33.5. The molecule has 0 saturated carbocycles. The van der Waals surface area contributed by atoms with Crippen molar-refractivity contribution >= 4 is 23.2 Å². The number of piperidine rings is 1. The van der Waals surface area contributed by atoms with Gasteiger partial charge in [0, 0.05) is 44.1 Å². The number of thiophene rings is 1. The maximum Gasteiger partial charge on any atom is 0.264 e. The number of amides is 2. The first-order valence-corrected chi connectivity index (χ1v) is 10.8. The second-order valence-corrected chi connectivity index (χ2v) is 8.71. The number of nitrogens with zero attached hydrogens (tertiary/aromatic N) is 3. The van der Waals surface area contributed by atoms with Gasteiger partial charge in [0.1, 0.15) is 0 Å². The Balaban J connectivity index is 1.49. The molecule has 0 atom stereocenters. The summed E-state index contributed by atoms with van der Waals surface area (Å²) in [5.74, 6) is 0.407. The summed E-state index contributed by atoms with van der Waals surface area (Å²) in [5.41, 5.74) is 1.31. The molecule has 0 N–H and O–H groups in total. The zero-order valence-electron chi connectivity index (χ0n) is 16.1. The molecule has 144 valence electrons. The van der Waals surface area contributed by atoms with Crippen molar-refractivity contribution in [1.29, 1.82) is 0 Å². The van der Waals surface area contributed by atoms with Crippen molar-refractivity contribution in [1.82, 2.24) is 14.7 Å². The van der Waals surface area contributed by atoms with Crippen molar-refractivity contribution in [3.05, 3.63) is 21.4 Å². The van der Waals surface area contributed by atoms with Crippen molar-refractivity contribution in [2.24, 2.45) is 0 Å². The number of likely N-dealkylation sites (tertiary alicyclic amines) is 1. The fourth-order valence-corrected chi connectivity index (χ4v) is 4.88. The van der Waals surface area contributed by atoms with Crippen LogP contribution in [0.15, 0.2) is 6.07 Å². The van der Waals surface area contributed by atoms with Crippen LogP contribution in [0.5, 0.6) is 0 Å². The molecule has 6 heteroatoms. The molecule has 2 aliphatic rings. The van der Waals surface area contributed by atoms with Crippen LogP contribution in [0.4, 0.5) is 0 Å². The summed E-state index contributed by atoms with van der Waals surface area (Å²) in [6, 6.07) is 2.08. The van der Waals surface area contributed by atoms with E-state index in [4.69, 9.17) is 0 Å². The van der Waals surface area contributed by atoms with E-state index < -0.39 is 0 Å². The first-order valence-electron chi connectivity index (χ1n) is 9.97. The molecule has 1 aromatic rings. The standard InChI is InChI=1S/C20H31N3O2S/c1-3-7-17-14-18(26-16(17)2)20(25)23-12-10-21(11-13-23)15-19(24)22-8-5-4-6-9-22/h14H,3-13,15H2,1-2H3. The van der Waals surface area contributed by atoms with Crippen molar-refractivity contribution < 1.29 is 9.59 Å². The van der Waals surface area contributed by atoms with E-state index in [1.54, 1.807) is 11.3 Å². The molecule has 2 aliphatic heterocycles. The zero-order valence-corrected chi connectivity index (χ0v) is 16.9. The Morgan fingerprint density at radius 2 is 1.69 bits per heavy atom. The van der Waals surface area contributed by atoms with Gasteiger partial charge in [-0.05, 0) is 44.2 Å². The zero-order chi connectivity index (χ0) is 18.5. The molecule has 0 radical (unpaired) electrons. The van der Waals surface area contributed by atoms with Crippen LogP contribution in [0.1, 0.15) is 52.7 Å². The third kappa shape index (κ3) is 4.65. The average Bonchev–Trinajstić information content (AvgIpc) is 3.03. The van der Waals surface area contributed by atoms with Gasteiger partial charge in [0.2, 0.25) is 5.91 Å². The molecule has 3 heterocycles. The molecule has 26 heavy (non-hydrogen) atoms. The number of rotatable bonds is 5. The molecule has 2 amide bonds. The van der Waals surface area contributed by atoms with Gasteiger partial charge in [-0.3, -0.25) is 14.5 Å². The van der Waals surface area contributed by atoms with Gasteiger partial charge in [0.15, 0.2) is 0 Å². The quantitative estimate of drug-likeness (QED) is 0.793. The summed E-state index contributed by atoms with van der Waals surface area (Å²) in [6.45, 7) is 9.61. The van der Waals surface area contributed by atoms with Gasteiger partial charge < -0.3 is 9.80 Å². The lowest BCUT2D eigenvalue weighted by Crippen LogP contribution is -2.51. The molecule has 0 spiro atoms. The number of hydrogen-bond donors (Lipinski definition) is 0. The van der Waals surface area contributed by atoms with Crippen LogP contribution in [-0.4, -0.2) is 72.3 Å². The van der Waals surface area contributed by atoms with E-state index in [9.17, 15) is 9.59 Å². The number of carbonyl (C=O) groups excluding carboxylic acids is 2. The Hall–Kier alpha value is -1.40. The van der Waals surface area contributed by atoms with E-state index in [0.717, 1.165) is 56.7 Å². The van der Waals surface area contributed by atoms with Crippen LogP contribution >= 0.6 is 11.3 Å². The molecular formula is C20H31N3O2S. The Morgan fingerprint density at radius 3 is 2.35 bits per heavy atom. The van der Waals surface area contributed by atoms with E-state index in [0.29, 0.717) is 19.6 Å². The van der Waals surface area contributed by atoms with Gasteiger partial charge in [-0.2, -0.15) is 0 Å². The highest BCUT2D eigenvalue weighted by Gasteiger charge is 2.26. The maximum absolute atomic E-state index is 12.8. The van der Waals surface area contributed by atoms with Crippen LogP contribution < -0.4 is 0 Å². The Kier molecular flexibility index (Phi) is 6.70. The van der Waals surface area contributed by atoms with Crippen molar-refractivity contribution in [3.8, 4) is 0 Å². The first-order chi connectivity index (χ1) is 12.6. The lowest BCUT2D eigenvalue weighted by atomic mass is 10.1. The van der Waals surface area contributed by atoms with Gasteiger partial charge in [-0.1, -0.05) is 13.3 Å². The Morgan fingerprint density at radius 1 is 1.00 bits per heavy atom. The van der Waals surface area contributed by atoms with Gasteiger partial charge in [0.25, 0.3) is 5.91 Å². The van der Waals surface area contributed by atoms with E-state index in [1.807, 2.05) is 9.80 Å². The number of hydrogen-bond acceptors (Lipinski definition) is 4. The van der Waals surface area contributed by atoms with E-state index in [2.05, 4.69) is 24.8 Å². The molecule has 0 unspecified atom stereocenters. The van der Waals surface area contributed by atoms with Crippen molar-refractivity contribution in [2.75, 3.05) is 45.8 Å². The number of aryl methyl sites for hydroxylation is 2. The Bertz CT molecular complexity index is 629. The molecule has 0 aromatic carbocycles. The minimum atomic E-state index is 0.155. The number of piperazine rings is 1. The summed E-state index contributed by atoms with van der Waals surface area (Å²) < 4.78 is 0. The fourth-order valence-electron chi connectivity index (χ4n) is 3.84. The van der Waals surface area contributed by atoms with E-state index in [1.165, 1.54) is 16.9 Å². The molecular weight excluding hydrogens is 346 g/mol. The Labute approximate surface area is 161 Å². The van der Waals surface area contributed by atoms with E-state index >= 15 is 0 Å². The summed E-state index contributed by atoms with van der Waals surface area (Å²) in [7, 11) is 0. The lowest BCUT2D eigenvalue weighted by Gasteiger charge is -2.35. The van der Waals surface area contributed by atoms with Crippen molar-refractivity contribution in [3.63, 3.8) is 0 Å². The molecule has 2 fully saturated rings. The third-order valence-electron chi connectivity index (χ3n) is 5.48. The van der Waals surface area contributed by atoms with Crippen LogP contribution in [0, 0.1) is 6.92 Å². The minimum absolute atomic E-state index is 0.155. The molecule has 5 nitrogen and oxygen atoms in total. The SMILES string of the molecule is CCCc1cc(C(=O)N2CCN(CC(=O)N3CCCCC3)CC2)sc1C. The highest BCUT2D eigenvalue weighted by Crippen LogP contribution is 2.24. The monoisotopic (exact) mass is 377 g/mol. The highest BCUT2D eigenvalue weighted by molar-refractivity contribution is 7.14. The average molecular weight is 378 g/mol. The lowest BCUT2D eigenvalue weighted by molar-refractivity contribution is -0.133. The summed E-state index contributed by atoms with van der Waals surface area (Å²) in [6.07, 6.45) is 5.66. The molecule has 2 saturated heterocycles. The van der Waals surface area contributed by atoms with Gasteiger partial charge in [-0.15, -0.1) is 11.3 Å². The second kappa shape index (κ2) is 9.00. The number of carbonyl (C=O) groups is 2. The van der Waals surface area contributed by atoms with Crippen LogP contribution in [0.3, 0.4) is 0 Å². The van der Waals surface area contributed by atoms with Crippen LogP contribution in [0.2, 0.25) is 0 Å². The first kappa shape index (κ1) is 19.4. The largest absolute Gasteiger partial charge is 0.342 e. The van der Waals surface area contributed by atoms with E-state index in [-0.39, 0.29) is 11.8 Å². The summed E-state index contributed by atoms with van der Waals surface area (Å²) >= 11 is 1.62. The second-order valence-electron chi connectivity index (χ2n) is 7.45. The molecule has 3 rings (SSSR count). The minimum Gasteiger partial charge on any atom is -0.342 e. The summed E-state index contributed by atoms with van der Waals surface area (Å²) in [5, 5.41) is 0. The van der Waals surface area contributed by atoms with Gasteiger partial charge >= 0.3 is 0 Å². The predicted octanol–water partition coefficient (Wildman–Crippen LogP) is 2.78. The van der Waals surface area contributed by atoms with Crippen LogP contribution in [-0.2, 0) is 11.2 Å². The highest BCUT2D eigenvalue weighted by atomic mass is 32.1. The maximum atomic E-state index is 12.8. The smallest absolute Gasteiger partial charge is 0.264 e. The van der Waals surface area contributed by atoms with Gasteiger partial charge in [0.05, 0.1) is 11.4 Å². The predicted molar refractivity (Wildman–Crippen MR) is 106 cm³/mol. The molecule has 1 aromatic heterocycles.